The fourth-order valence-electron chi connectivity index (χ4n) is 1.61. The molecule has 1 heterocycles. The summed E-state index contributed by atoms with van der Waals surface area (Å²) in [6, 6.07) is 9.54. The molecule has 18 heavy (non-hydrogen) atoms. The van der Waals surface area contributed by atoms with Gasteiger partial charge in [0, 0.05) is 5.56 Å². The number of benzene rings is 1. The highest BCUT2D eigenvalue weighted by Crippen LogP contribution is 2.16. The van der Waals surface area contributed by atoms with E-state index < -0.39 is 0 Å². The summed E-state index contributed by atoms with van der Waals surface area (Å²) in [5.74, 6) is 0.306. The van der Waals surface area contributed by atoms with Crippen molar-refractivity contribution in [3.05, 3.63) is 35.1 Å². The number of hydrogen-bond donors (Lipinski definition) is 1. The van der Waals surface area contributed by atoms with Gasteiger partial charge in [-0.3, -0.25) is 14.5 Å². The van der Waals surface area contributed by atoms with Gasteiger partial charge >= 0.3 is 5.97 Å². The van der Waals surface area contributed by atoms with Crippen LogP contribution in [0.3, 0.4) is 0 Å². The summed E-state index contributed by atoms with van der Waals surface area (Å²) in [7, 11) is 0. The normalized spacial score (nSPS) is 10.3. The molecule has 5 nitrogen and oxygen atoms in total. The van der Waals surface area contributed by atoms with E-state index in [1.165, 1.54) is 0 Å². The molecule has 0 saturated carbocycles. The number of H-pyrrole nitrogens is 1. The van der Waals surface area contributed by atoms with Gasteiger partial charge in [0.1, 0.15) is 6.54 Å². The lowest BCUT2D eigenvalue weighted by Crippen LogP contribution is -2.14. The van der Waals surface area contributed by atoms with Gasteiger partial charge in [-0.2, -0.15) is 5.10 Å². The van der Waals surface area contributed by atoms with Crippen molar-refractivity contribution in [1.29, 1.82) is 0 Å². The summed E-state index contributed by atoms with van der Waals surface area (Å²) in [6.45, 7) is 2.18. The fourth-order valence-corrected chi connectivity index (χ4v) is 1.80. The number of ether oxygens (including phenoxy) is 1. The van der Waals surface area contributed by atoms with E-state index in [0.29, 0.717) is 17.2 Å². The van der Waals surface area contributed by atoms with Crippen LogP contribution in [0.1, 0.15) is 6.92 Å². The van der Waals surface area contributed by atoms with Crippen LogP contribution in [0.2, 0.25) is 0 Å². The van der Waals surface area contributed by atoms with Crippen molar-refractivity contribution in [1.82, 2.24) is 14.8 Å². The van der Waals surface area contributed by atoms with Crippen molar-refractivity contribution in [2.45, 2.75) is 13.5 Å². The Morgan fingerprint density at radius 2 is 2.17 bits per heavy atom. The van der Waals surface area contributed by atoms with Gasteiger partial charge in [0.15, 0.2) is 10.6 Å². The number of carbonyl (C=O) groups excluding carboxylic acids is 1. The molecular weight excluding hydrogens is 250 g/mol. The molecule has 0 spiro atoms. The maximum absolute atomic E-state index is 11.5. The quantitative estimate of drug-likeness (QED) is 0.678. The van der Waals surface area contributed by atoms with Gasteiger partial charge in [-0.1, -0.05) is 30.3 Å². The minimum Gasteiger partial charge on any atom is -0.465 e. The Morgan fingerprint density at radius 1 is 1.44 bits per heavy atom. The lowest BCUT2D eigenvalue weighted by Gasteiger charge is -2.06. The molecule has 0 aliphatic heterocycles. The lowest BCUT2D eigenvalue weighted by molar-refractivity contribution is -0.143. The van der Waals surface area contributed by atoms with Gasteiger partial charge in [-0.05, 0) is 19.1 Å². The Labute approximate surface area is 109 Å². The molecule has 1 aromatic heterocycles. The van der Waals surface area contributed by atoms with E-state index in [2.05, 4.69) is 10.2 Å². The lowest BCUT2D eigenvalue weighted by atomic mass is 10.2. The first-order chi connectivity index (χ1) is 8.72. The van der Waals surface area contributed by atoms with Gasteiger partial charge < -0.3 is 4.74 Å². The number of hydrogen-bond acceptors (Lipinski definition) is 4. The topological polar surface area (TPSA) is 59.9 Å². The van der Waals surface area contributed by atoms with Crippen molar-refractivity contribution in [2.75, 3.05) is 6.61 Å². The zero-order valence-electron chi connectivity index (χ0n) is 9.92. The van der Waals surface area contributed by atoms with Crippen LogP contribution in [-0.4, -0.2) is 27.3 Å². The SMILES string of the molecule is CCOC(=O)Cn1c(-c2ccccc2)n[nH]c1=S. The Bertz CT molecular complexity index is 589. The van der Waals surface area contributed by atoms with E-state index in [1.54, 1.807) is 11.5 Å². The van der Waals surface area contributed by atoms with Crippen LogP contribution in [0, 0.1) is 4.77 Å². The second-order valence-electron chi connectivity index (χ2n) is 3.61. The Kier molecular flexibility index (Phi) is 3.88. The van der Waals surface area contributed by atoms with Crippen molar-refractivity contribution >= 4 is 18.2 Å². The molecule has 0 atom stereocenters. The first kappa shape index (κ1) is 12.5. The maximum Gasteiger partial charge on any atom is 0.326 e. The summed E-state index contributed by atoms with van der Waals surface area (Å²) in [6.07, 6.45) is 0. The van der Waals surface area contributed by atoms with E-state index in [1.807, 2.05) is 30.3 Å². The molecular formula is C12H13N3O2S. The van der Waals surface area contributed by atoms with E-state index in [0.717, 1.165) is 5.56 Å². The van der Waals surface area contributed by atoms with Crippen molar-refractivity contribution < 1.29 is 9.53 Å². The Morgan fingerprint density at radius 3 is 2.83 bits per heavy atom. The third-order valence-electron chi connectivity index (χ3n) is 2.38. The second-order valence-corrected chi connectivity index (χ2v) is 4.00. The highest BCUT2D eigenvalue weighted by molar-refractivity contribution is 7.71. The number of nitrogens with zero attached hydrogens (tertiary/aromatic N) is 2. The van der Waals surface area contributed by atoms with E-state index in [9.17, 15) is 4.79 Å². The van der Waals surface area contributed by atoms with Crippen molar-refractivity contribution in [3.8, 4) is 11.4 Å². The molecule has 6 heteroatoms. The van der Waals surface area contributed by atoms with Gasteiger partial charge in [-0.25, -0.2) is 0 Å². The number of rotatable bonds is 4. The largest absolute Gasteiger partial charge is 0.465 e. The zero-order valence-corrected chi connectivity index (χ0v) is 10.7. The van der Waals surface area contributed by atoms with E-state index in [4.69, 9.17) is 17.0 Å². The minimum absolute atomic E-state index is 0.0629. The molecule has 2 aromatic rings. The minimum atomic E-state index is -0.327. The highest BCUT2D eigenvalue weighted by Gasteiger charge is 2.12. The van der Waals surface area contributed by atoms with Gasteiger partial charge in [0.25, 0.3) is 0 Å². The van der Waals surface area contributed by atoms with Gasteiger partial charge in [-0.15, -0.1) is 0 Å². The Hall–Kier alpha value is -1.95. The highest BCUT2D eigenvalue weighted by atomic mass is 32.1. The molecule has 0 unspecified atom stereocenters. The molecule has 94 valence electrons. The first-order valence-corrected chi connectivity index (χ1v) is 5.99. The number of aromatic nitrogens is 3. The summed E-state index contributed by atoms with van der Waals surface area (Å²) in [4.78, 5) is 11.5. The monoisotopic (exact) mass is 263 g/mol. The number of aromatic amines is 1. The predicted octanol–water partition coefficient (Wildman–Crippen LogP) is 2.17. The molecule has 2 rings (SSSR count). The number of carbonyl (C=O) groups is 1. The molecule has 0 fully saturated rings. The molecule has 1 N–H and O–H groups in total. The maximum atomic E-state index is 11.5. The van der Waals surface area contributed by atoms with Gasteiger partial charge in [0.05, 0.1) is 6.61 Å². The van der Waals surface area contributed by atoms with Crippen LogP contribution < -0.4 is 0 Å². The molecule has 0 aliphatic rings. The summed E-state index contributed by atoms with van der Waals surface area (Å²) in [5, 5.41) is 6.83. The first-order valence-electron chi connectivity index (χ1n) is 5.58. The molecule has 1 aromatic carbocycles. The van der Waals surface area contributed by atoms with Crippen LogP contribution in [-0.2, 0) is 16.1 Å². The van der Waals surface area contributed by atoms with E-state index in [-0.39, 0.29) is 12.5 Å². The molecule has 0 bridgehead atoms. The predicted molar refractivity (Wildman–Crippen MR) is 69.5 cm³/mol. The second kappa shape index (κ2) is 5.59. The van der Waals surface area contributed by atoms with Crippen LogP contribution in [0.15, 0.2) is 30.3 Å². The standard InChI is InChI=1S/C12H13N3O2S/c1-2-17-10(16)8-15-11(13-14-12(15)18)9-6-4-3-5-7-9/h3-7H,2,8H2,1H3,(H,14,18). The van der Waals surface area contributed by atoms with Crippen LogP contribution in [0.5, 0.6) is 0 Å². The smallest absolute Gasteiger partial charge is 0.326 e. The van der Waals surface area contributed by atoms with Crippen LogP contribution in [0.25, 0.3) is 11.4 Å². The molecule has 0 saturated heterocycles. The summed E-state index contributed by atoms with van der Waals surface area (Å²) >= 11 is 5.11. The summed E-state index contributed by atoms with van der Waals surface area (Å²) < 4.78 is 6.95. The van der Waals surface area contributed by atoms with Gasteiger partial charge in [0.2, 0.25) is 0 Å². The molecule has 0 radical (unpaired) electrons. The van der Waals surface area contributed by atoms with Crippen LogP contribution >= 0.6 is 12.2 Å². The average Bonchev–Trinajstić information content (AvgIpc) is 2.73. The molecule has 0 aliphatic carbocycles. The Balaban J connectivity index is 2.34. The summed E-state index contributed by atoms with van der Waals surface area (Å²) in [5.41, 5.74) is 0.897. The van der Waals surface area contributed by atoms with E-state index >= 15 is 0 Å². The average molecular weight is 263 g/mol. The fraction of sp³-hybridized carbons (Fsp3) is 0.250. The third-order valence-corrected chi connectivity index (χ3v) is 2.69. The number of esters is 1. The third kappa shape index (κ3) is 2.65. The zero-order chi connectivity index (χ0) is 13.0. The van der Waals surface area contributed by atoms with Crippen LogP contribution in [0.4, 0.5) is 0 Å². The van der Waals surface area contributed by atoms with Crippen molar-refractivity contribution in [2.24, 2.45) is 0 Å². The van der Waals surface area contributed by atoms with Crippen molar-refractivity contribution in [3.63, 3.8) is 0 Å². The molecule has 0 amide bonds. The number of nitrogens with one attached hydrogen (secondary N) is 1.